The maximum atomic E-state index is 16.0. The van der Waals surface area contributed by atoms with Crippen LogP contribution in [0, 0.1) is 21.6 Å². The maximum Gasteiger partial charge on any atom is 0.312 e. The van der Waals surface area contributed by atoms with E-state index in [1.165, 1.54) is 53.4 Å². The fraction of sp³-hybridized carbons (Fsp3) is 0.533. The number of unbranched alkanes of at least 4 members (excludes halogenated alkanes) is 2. The minimum atomic E-state index is -1.90. The van der Waals surface area contributed by atoms with Gasteiger partial charge in [-0.3, -0.25) is 88.8 Å². The Bertz CT molecular complexity index is 4980. The number of amides is 18. The Balaban J connectivity index is 1.61. The van der Waals surface area contributed by atoms with Crippen molar-refractivity contribution in [2.24, 2.45) is 57.3 Å². The van der Waals surface area contributed by atoms with E-state index in [2.05, 4.69) is 95.7 Å². The number of fused-ring (bicyclic) bond motifs is 2. The molecule has 53 heteroatoms. The van der Waals surface area contributed by atoms with E-state index in [1.54, 1.807) is 36.4 Å². The van der Waals surface area contributed by atoms with Gasteiger partial charge in [0, 0.05) is 76.6 Å². The molecule has 786 valence electrons. The molecule has 4 aromatic rings. The average molecular weight is 2040 g/mol. The number of carbonyl (C=O) groups is 16. The largest absolute Gasteiger partial charge is 0.508 e. The minimum absolute atomic E-state index is 0.00436. The predicted molar refractivity (Wildman–Crippen MR) is 537 cm³/mol. The standard InChI is InChI=1S/C90H141N33O18S2/c91-35-5-3-17-59-75(130)117-64(18-4-6-36-92)84(139)123-43-13-24-70(123)83(138)120-66(46-51-28-33-56(125)34-29-51)79(134)116-61(21-10-40-108-88(101)102)74(129)114-63(23-12-42-110-90(104)141)77(132)121-68(81(136)111-58(71(94)126)19-8-38-106-86(97)98)48-142-143-49-69(82(137)119-65(45-50-26-31-55(124)32-27-50)78(133)115-62(73(128)113-59)22-11-41-109-89(103)140)122-80(135)67(47-52-25-30-53-14-1-2-15-54(53)44-52)118-76(131)60(20-9-39-107-87(99)100)112-72(127)57(93)16-7-37-105-85(95)96/h1-2,14-15,25-34,44,57-70,124-125H,3-13,16-24,35-43,45-49,91-93H2,(H2,94,126)(H,111,136)(H,112,127)(H,113,128)(H,114,129)(H,115,133)(H,116,134)(H,117,130)(H,118,131)(H,119,137)(H,120,138)(H,121,132)(H,122,135)(H4,95,96,105)(H4,97,98,106)(H4,99,100,107)(H4,101,102,108)(H3,103,109,140)(H3,104,110,141)/t57-,58-,59-,60-,61-,62-,63-,64+,65-,66-,67-,68-,69-,70-/m0/s1. The molecule has 4 aromatic carbocycles. The number of benzene rings is 4. The minimum Gasteiger partial charge on any atom is -0.508 e. The number of phenolic OH excluding ortho intramolecular Hbond substituents is 2. The molecule has 0 saturated carbocycles. The van der Waals surface area contributed by atoms with Gasteiger partial charge >= 0.3 is 12.1 Å². The second-order valence-corrected chi connectivity index (χ2v) is 37.0. The van der Waals surface area contributed by atoms with Crippen LogP contribution >= 0.6 is 21.6 Å². The van der Waals surface area contributed by atoms with Crippen LogP contribution in [0.25, 0.3) is 10.8 Å². The average Bonchev–Trinajstić information content (AvgIpc) is 1.48. The Hall–Kier alpha value is -14.5. The Morgan fingerprint density at radius 2 is 0.804 bits per heavy atom. The third-order valence-electron chi connectivity index (χ3n) is 23.1. The normalized spacial score (nSPS) is 20.2. The molecule has 2 saturated heterocycles. The summed E-state index contributed by atoms with van der Waals surface area (Å²) in [6.07, 6.45) is -1.32. The molecule has 2 aliphatic heterocycles. The van der Waals surface area contributed by atoms with Gasteiger partial charge in [-0.15, -0.1) is 0 Å². The quantitative estimate of drug-likeness (QED) is 0.00846. The molecule has 14 atom stereocenters. The molecule has 0 spiro atoms. The number of urea groups is 2. The number of hydrogen-bond acceptors (Lipinski definition) is 27. The van der Waals surface area contributed by atoms with Crippen LogP contribution in [0.2, 0.25) is 0 Å². The molecule has 18 amide bonds. The number of nitrogens with one attached hydrogen (secondary N) is 22. The van der Waals surface area contributed by atoms with E-state index in [0.717, 1.165) is 27.0 Å². The van der Waals surface area contributed by atoms with Crippen molar-refractivity contribution in [3.8, 4) is 11.5 Å². The first kappa shape index (κ1) is 117. The first-order valence-corrected chi connectivity index (χ1v) is 49.8. The van der Waals surface area contributed by atoms with Crippen LogP contribution in [0.1, 0.15) is 145 Å². The fourth-order valence-corrected chi connectivity index (χ4v) is 17.8. The highest BCUT2D eigenvalue weighted by Crippen LogP contribution is 2.27. The second kappa shape index (κ2) is 62.6. The van der Waals surface area contributed by atoms with E-state index < -0.39 is 215 Å². The lowest BCUT2D eigenvalue weighted by Gasteiger charge is -2.31. The summed E-state index contributed by atoms with van der Waals surface area (Å²) in [7, 11) is 1.51. The topological polar surface area (TPSA) is 889 Å². The van der Waals surface area contributed by atoms with E-state index in [9.17, 15) is 29.4 Å². The lowest BCUT2D eigenvalue weighted by atomic mass is 10.00. The van der Waals surface area contributed by atoms with Crippen molar-refractivity contribution in [3.05, 3.63) is 108 Å². The molecule has 0 aliphatic carbocycles. The van der Waals surface area contributed by atoms with Crippen LogP contribution in [0.4, 0.5) is 9.59 Å². The van der Waals surface area contributed by atoms with Crippen molar-refractivity contribution in [2.45, 2.75) is 232 Å². The Kier molecular flexibility index (Phi) is 51.4. The van der Waals surface area contributed by atoms with E-state index in [-0.39, 0.29) is 210 Å². The molecule has 143 heavy (non-hydrogen) atoms. The van der Waals surface area contributed by atoms with Gasteiger partial charge in [-0.25, -0.2) is 9.59 Å². The highest BCUT2D eigenvalue weighted by molar-refractivity contribution is 8.76. The summed E-state index contributed by atoms with van der Waals surface area (Å²) in [4.78, 5) is 238. The Morgan fingerprint density at radius 1 is 0.406 bits per heavy atom. The zero-order chi connectivity index (χ0) is 105. The van der Waals surface area contributed by atoms with Gasteiger partial charge in [0.15, 0.2) is 23.8 Å². The molecular formula is C90H141N33O18S2. The molecule has 2 aliphatic rings. The monoisotopic (exact) mass is 2040 g/mol. The number of carbonyl (C=O) groups excluding carboxylic acids is 16. The van der Waals surface area contributed by atoms with E-state index in [1.807, 2.05) is 6.07 Å². The van der Waals surface area contributed by atoms with Gasteiger partial charge in [-0.1, -0.05) is 88.3 Å². The van der Waals surface area contributed by atoms with Gasteiger partial charge in [0.25, 0.3) is 0 Å². The van der Waals surface area contributed by atoms with Gasteiger partial charge in [0.2, 0.25) is 82.7 Å². The van der Waals surface area contributed by atoms with E-state index in [0.29, 0.717) is 29.4 Å². The number of rotatable bonds is 47. The number of primary amides is 3. The summed E-state index contributed by atoms with van der Waals surface area (Å²) in [6, 6.07) is -1.20. The van der Waals surface area contributed by atoms with Crippen LogP contribution in [-0.2, 0) is 86.4 Å². The summed E-state index contributed by atoms with van der Waals surface area (Å²) >= 11 is 0. The fourth-order valence-electron chi connectivity index (χ4n) is 15.5. The number of nitrogens with zero attached hydrogens (tertiary/aromatic N) is 1. The van der Waals surface area contributed by atoms with Gasteiger partial charge in [0.05, 0.1) is 6.04 Å². The highest BCUT2D eigenvalue weighted by atomic mass is 33.1. The van der Waals surface area contributed by atoms with Crippen LogP contribution in [-0.4, -0.2) is 289 Å². The first-order valence-electron chi connectivity index (χ1n) is 47.3. The predicted octanol–water partition coefficient (Wildman–Crippen LogP) is -6.50. The van der Waals surface area contributed by atoms with Gasteiger partial charge < -0.3 is 168 Å². The second-order valence-electron chi connectivity index (χ2n) is 34.5. The van der Waals surface area contributed by atoms with Gasteiger partial charge in [0.1, 0.15) is 90.0 Å². The van der Waals surface area contributed by atoms with Crippen molar-refractivity contribution in [1.82, 2.24) is 101 Å². The molecule has 0 aromatic heterocycles. The van der Waals surface area contributed by atoms with Crippen LogP contribution in [0.5, 0.6) is 11.5 Å². The third-order valence-corrected chi connectivity index (χ3v) is 25.6. The van der Waals surface area contributed by atoms with Crippen molar-refractivity contribution >= 4 is 151 Å². The zero-order valence-electron chi connectivity index (χ0n) is 79.7. The summed E-state index contributed by atoms with van der Waals surface area (Å²) in [5, 5.41) is 101. The molecular weight excluding hydrogens is 1900 g/mol. The number of nitrogens with two attached hydrogens (primary N) is 10. The maximum absolute atomic E-state index is 16.0. The molecule has 0 unspecified atom stereocenters. The number of guanidine groups is 4. The highest BCUT2D eigenvalue weighted by Gasteiger charge is 2.43. The molecule has 2 heterocycles. The first-order chi connectivity index (χ1) is 68.2. The van der Waals surface area contributed by atoms with Gasteiger partial charge in [-0.2, -0.15) is 0 Å². The van der Waals surface area contributed by atoms with Gasteiger partial charge in [-0.05, 0) is 193 Å². The Morgan fingerprint density at radius 3 is 1.28 bits per heavy atom. The number of aromatic hydroxyl groups is 2. The lowest BCUT2D eigenvalue weighted by molar-refractivity contribution is -0.142. The van der Waals surface area contributed by atoms with E-state index >= 15 is 57.5 Å². The van der Waals surface area contributed by atoms with Crippen LogP contribution < -0.4 is 153 Å². The molecule has 2 fully saturated rings. The molecule has 51 nitrogen and oxygen atoms in total. The Labute approximate surface area is 835 Å². The van der Waals surface area contributed by atoms with Crippen molar-refractivity contribution in [1.29, 1.82) is 21.6 Å². The van der Waals surface area contributed by atoms with Crippen molar-refractivity contribution in [2.75, 3.05) is 70.4 Å². The molecule has 0 bridgehead atoms. The summed E-state index contributed by atoms with van der Waals surface area (Å²) in [6.45, 7) is -0.106. The number of hydrogen-bond donors (Lipinski definition) is 34. The smallest absolute Gasteiger partial charge is 0.312 e. The van der Waals surface area contributed by atoms with E-state index in [4.69, 9.17) is 79.0 Å². The lowest BCUT2D eigenvalue weighted by Crippen LogP contribution is -2.61. The number of phenols is 2. The van der Waals surface area contributed by atoms with Crippen LogP contribution in [0.15, 0.2) is 91.0 Å². The molecule has 0 radical (unpaired) electrons. The SMILES string of the molecule is N=C(N)NCCC[C@H](NC(=O)[C@@H]1CSSC[C@H](NC(=O)[C@H](Cc2ccc3ccccc3c2)NC(=O)[C@H](CCCNC(=N)N)NC(=O)[C@@H](N)CCCNC(=N)N)C(=O)N[C@@H](Cc2ccc(O)cc2)C(=O)N[C@@H](CCCNC(N)=O)C(=O)N[C@@H](CCCCN)C(=O)N[C@H](CCCCN)C(=O)N2CCC[C@H]2C(=O)N[C@@H](Cc2ccc(O)cc2)C(=O)N[C@@H](CCCNC(=N)N)C(=O)N[C@@H](CCCNC(N)=O)C(=O)N1)C(N)=O. The van der Waals surface area contributed by atoms with Crippen molar-refractivity contribution in [3.63, 3.8) is 0 Å². The summed E-state index contributed by atoms with van der Waals surface area (Å²) in [5.41, 5.74) is 58.5. The summed E-state index contributed by atoms with van der Waals surface area (Å²) < 4.78 is 0. The zero-order valence-corrected chi connectivity index (χ0v) is 81.4. The summed E-state index contributed by atoms with van der Waals surface area (Å²) in [5.74, 6) is -17.3. The molecule has 44 N–H and O–H groups in total. The van der Waals surface area contributed by atoms with Crippen LogP contribution in [0.3, 0.4) is 0 Å². The van der Waals surface area contributed by atoms with Crippen molar-refractivity contribution < 1.29 is 86.9 Å². The third kappa shape index (κ3) is 43.7. The molecule has 6 rings (SSSR count).